The SMILES string of the molecule is COC(=O)C1(C(=O)OC)CCCCCOC1C12CC3CC(CC(C3)C1)C2. The smallest absolute Gasteiger partial charge is 0.325 e. The summed E-state index contributed by atoms with van der Waals surface area (Å²) in [6, 6.07) is 0. The monoisotopic (exact) mass is 364 g/mol. The van der Waals surface area contributed by atoms with E-state index in [1.807, 2.05) is 0 Å². The molecule has 146 valence electrons. The summed E-state index contributed by atoms with van der Waals surface area (Å²) < 4.78 is 16.8. The van der Waals surface area contributed by atoms with Crippen molar-refractivity contribution < 1.29 is 23.8 Å². The van der Waals surface area contributed by atoms with Crippen LogP contribution in [0.3, 0.4) is 0 Å². The van der Waals surface area contributed by atoms with E-state index in [9.17, 15) is 9.59 Å². The number of rotatable bonds is 3. The number of ether oxygens (including phenoxy) is 3. The Kier molecular flexibility index (Phi) is 4.79. The molecule has 4 saturated carbocycles. The second kappa shape index (κ2) is 6.81. The Hall–Kier alpha value is -1.10. The lowest BCUT2D eigenvalue weighted by Crippen LogP contribution is -2.63. The number of carbonyl (C=O) groups excluding carboxylic acids is 2. The van der Waals surface area contributed by atoms with Crippen LogP contribution in [0.4, 0.5) is 0 Å². The van der Waals surface area contributed by atoms with Gasteiger partial charge in [-0.2, -0.15) is 0 Å². The minimum Gasteiger partial charge on any atom is -0.468 e. The van der Waals surface area contributed by atoms with Gasteiger partial charge in [0.1, 0.15) is 0 Å². The van der Waals surface area contributed by atoms with Gasteiger partial charge in [0.05, 0.1) is 20.3 Å². The Morgan fingerprint density at radius 1 is 0.846 bits per heavy atom. The molecule has 5 rings (SSSR count). The maximum absolute atomic E-state index is 13.1. The van der Waals surface area contributed by atoms with Gasteiger partial charge in [0.2, 0.25) is 0 Å². The molecule has 0 spiro atoms. The third kappa shape index (κ3) is 2.69. The predicted molar refractivity (Wildman–Crippen MR) is 95.3 cm³/mol. The second-order valence-electron chi connectivity index (χ2n) is 9.30. The van der Waals surface area contributed by atoms with Crippen LogP contribution >= 0.6 is 0 Å². The van der Waals surface area contributed by atoms with Gasteiger partial charge in [-0.05, 0) is 74.5 Å². The number of hydrogen-bond acceptors (Lipinski definition) is 5. The van der Waals surface area contributed by atoms with Gasteiger partial charge < -0.3 is 14.2 Å². The van der Waals surface area contributed by atoms with Crippen LogP contribution in [0.1, 0.15) is 64.2 Å². The van der Waals surface area contributed by atoms with Crippen molar-refractivity contribution in [3.05, 3.63) is 0 Å². The third-order valence-corrected chi connectivity index (χ3v) is 7.69. The van der Waals surface area contributed by atoms with Crippen molar-refractivity contribution >= 4 is 11.9 Å². The Labute approximate surface area is 156 Å². The quantitative estimate of drug-likeness (QED) is 0.567. The summed E-state index contributed by atoms with van der Waals surface area (Å²) in [6.45, 7) is 0.613. The molecule has 1 heterocycles. The molecule has 0 amide bonds. The van der Waals surface area contributed by atoms with Crippen molar-refractivity contribution in [1.29, 1.82) is 0 Å². The van der Waals surface area contributed by atoms with E-state index in [1.54, 1.807) is 0 Å². The van der Waals surface area contributed by atoms with E-state index in [1.165, 1.54) is 33.5 Å². The van der Waals surface area contributed by atoms with Crippen LogP contribution in [0.15, 0.2) is 0 Å². The van der Waals surface area contributed by atoms with E-state index >= 15 is 0 Å². The van der Waals surface area contributed by atoms with E-state index in [2.05, 4.69) is 0 Å². The zero-order chi connectivity index (χ0) is 18.4. The first kappa shape index (κ1) is 18.3. The largest absolute Gasteiger partial charge is 0.468 e. The lowest BCUT2D eigenvalue weighted by atomic mass is 9.45. The van der Waals surface area contributed by atoms with Gasteiger partial charge in [-0.25, -0.2) is 0 Å². The molecule has 5 aliphatic rings. The number of carbonyl (C=O) groups is 2. The zero-order valence-corrected chi connectivity index (χ0v) is 16.1. The standard InChI is InChI=1S/C21H32O5/c1-24-18(22)21(19(23)25-2)6-4-3-5-7-26-17(21)20-11-14-8-15(12-20)10-16(9-14)13-20/h14-17H,3-13H2,1-2H3. The van der Waals surface area contributed by atoms with Crippen molar-refractivity contribution in [2.45, 2.75) is 70.3 Å². The van der Waals surface area contributed by atoms with E-state index in [4.69, 9.17) is 14.2 Å². The first-order chi connectivity index (χ1) is 12.5. The summed E-state index contributed by atoms with van der Waals surface area (Å²) in [4.78, 5) is 26.1. The lowest BCUT2D eigenvalue weighted by molar-refractivity contribution is -0.216. The van der Waals surface area contributed by atoms with Crippen molar-refractivity contribution in [1.82, 2.24) is 0 Å². The molecular weight excluding hydrogens is 332 g/mol. The number of hydrogen-bond donors (Lipinski definition) is 0. The van der Waals surface area contributed by atoms with Gasteiger partial charge in [-0.15, -0.1) is 0 Å². The van der Waals surface area contributed by atoms with Gasteiger partial charge in [-0.1, -0.05) is 12.8 Å². The first-order valence-corrected chi connectivity index (χ1v) is 10.3. The average Bonchev–Trinajstić information content (AvgIpc) is 2.59. The second-order valence-corrected chi connectivity index (χ2v) is 9.30. The van der Waals surface area contributed by atoms with Gasteiger partial charge in [0, 0.05) is 6.61 Å². The maximum atomic E-state index is 13.1. The van der Waals surface area contributed by atoms with Crippen LogP contribution in [-0.4, -0.2) is 38.9 Å². The van der Waals surface area contributed by atoms with Crippen LogP contribution < -0.4 is 0 Å². The van der Waals surface area contributed by atoms with Crippen LogP contribution in [0.2, 0.25) is 0 Å². The third-order valence-electron chi connectivity index (χ3n) is 7.69. The molecule has 5 nitrogen and oxygen atoms in total. The Bertz CT molecular complexity index is 517. The summed E-state index contributed by atoms with van der Waals surface area (Å²) in [5, 5.41) is 0. The summed E-state index contributed by atoms with van der Waals surface area (Å²) in [7, 11) is 2.76. The van der Waals surface area contributed by atoms with Crippen molar-refractivity contribution in [3.63, 3.8) is 0 Å². The Morgan fingerprint density at radius 2 is 1.38 bits per heavy atom. The van der Waals surface area contributed by atoms with E-state index in [0.717, 1.165) is 56.3 Å². The maximum Gasteiger partial charge on any atom is 0.325 e. The lowest BCUT2D eigenvalue weighted by Gasteiger charge is -2.61. The predicted octanol–water partition coefficient (Wildman–Crippen LogP) is 3.49. The minimum absolute atomic E-state index is 0.0749. The summed E-state index contributed by atoms with van der Waals surface area (Å²) in [5.74, 6) is 1.24. The summed E-state index contributed by atoms with van der Waals surface area (Å²) >= 11 is 0. The molecule has 0 aromatic heterocycles. The molecule has 5 heteroatoms. The molecule has 4 bridgehead atoms. The highest BCUT2D eigenvalue weighted by Crippen LogP contribution is 2.64. The van der Waals surface area contributed by atoms with E-state index in [-0.39, 0.29) is 5.41 Å². The molecule has 4 aliphatic carbocycles. The molecule has 1 saturated heterocycles. The number of methoxy groups -OCH3 is 2. The minimum atomic E-state index is -1.31. The highest BCUT2D eigenvalue weighted by Gasteiger charge is 2.65. The molecule has 0 N–H and O–H groups in total. The highest BCUT2D eigenvalue weighted by atomic mass is 16.6. The van der Waals surface area contributed by atoms with Crippen molar-refractivity contribution in [3.8, 4) is 0 Å². The molecular formula is C21H32O5. The van der Waals surface area contributed by atoms with Crippen LogP contribution in [0.25, 0.3) is 0 Å². The fraction of sp³-hybridized carbons (Fsp3) is 0.905. The molecule has 26 heavy (non-hydrogen) atoms. The fourth-order valence-corrected chi connectivity index (χ4v) is 7.22. The van der Waals surface area contributed by atoms with Crippen molar-refractivity contribution in [2.24, 2.45) is 28.6 Å². The normalized spacial score (nSPS) is 41.2. The van der Waals surface area contributed by atoms with Gasteiger partial charge >= 0.3 is 11.9 Å². The topological polar surface area (TPSA) is 61.8 Å². The first-order valence-electron chi connectivity index (χ1n) is 10.3. The number of esters is 2. The molecule has 1 aliphatic heterocycles. The zero-order valence-electron chi connectivity index (χ0n) is 16.1. The molecule has 1 unspecified atom stereocenters. The van der Waals surface area contributed by atoms with E-state index < -0.39 is 23.5 Å². The van der Waals surface area contributed by atoms with Crippen LogP contribution in [0, 0.1) is 28.6 Å². The van der Waals surface area contributed by atoms with Crippen molar-refractivity contribution in [2.75, 3.05) is 20.8 Å². The van der Waals surface area contributed by atoms with Crippen LogP contribution in [-0.2, 0) is 23.8 Å². The molecule has 1 atom stereocenters. The van der Waals surface area contributed by atoms with Gasteiger partial charge in [0.25, 0.3) is 0 Å². The van der Waals surface area contributed by atoms with Crippen LogP contribution in [0.5, 0.6) is 0 Å². The summed E-state index contributed by atoms with van der Waals surface area (Å²) in [5.41, 5.74) is -1.38. The molecule has 0 aromatic rings. The fourth-order valence-electron chi connectivity index (χ4n) is 7.22. The van der Waals surface area contributed by atoms with Gasteiger partial charge in [0.15, 0.2) is 5.41 Å². The highest BCUT2D eigenvalue weighted by molar-refractivity contribution is 6.01. The summed E-state index contributed by atoms with van der Waals surface area (Å²) in [6.07, 6.45) is 10.0. The Morgan fingerprint density at radius 3 is 1.88 bits per heavy atom. The Balaban J connectivity index is 1.78. The van der Waals surface area contributed by atoms with E-state index in [0.29, 0.717) is 13.0 Å². The molecule has 5 fully saturated rings. The molecule has 0 radical (unpaired) electrons. The average molecular weight is 364 g/mol. The molecule has 0 aromatic carbocycles. The van der Waals surface area contributed by atoms with Gasteiger partial charge in [-0.3, -0.25) is 9.59 Å².